The molecule has 0 aromatic carbocycles. The van der Waals surface area contributed by atoms with Gasteiger partial charge in [0.25, 0.3) is 0 Å². The molecule has 0 bridgehead atoms. The van der Waals surface area contributed by atoms with Crippen LogP contribution in [0.15, 0.2) is 45.0 Å². The molecule has 6 rings (SSSR count). The number of allylic oxidation sites excluding steroid dienone is 6. The number of carbonyl (C=O) groups excluding carboxylic acids is 6. The van der Waals surface area contributed by atoms with Gasteiger partial charge in [-0.1, -0.05) is 82.1 Å². The van der Waals surface area contributed by atoms with Crippen molar-refractivity contribution < 1.29 is 39.0 Å². The fourth-order valence-corrected chi connectivity index (χ4v) is 11.6. The SMILES string of the molecule is CC(C)C1=C(O)C2=C(C(=O)C1=O)[C@@]1(C)CCCC(C)(C)[C@@H]1C(=O)[C@H]2[C@H]1C(=O)[C@H]2C(C)(C)CCC[C@]2(C)C2=C1C(O)=C(C(C)C)C(=O)C2=O. The van der Waals surface area contributed by atoms with Gasteiger partial charge in [0.05, 0.1) is 11.8 Å². The highest BCUT2D eigenvalue weighted by molar-refractivity contribution is 6.52. The second-order valence-electron chi connectivity index (χ2n) is 17.9. The number of hydrogen-bond acceptors (Lipinski definition) is 8. The van der Waals surface area contributed by atoms with Gasteiger partial charge in [-0.15, -0.1) is 0 Å². The van der Waals surface area contributed by atoms with E-state index in [0.717, 1.165) is 0 Å². The van der Waals surface area contributed by atoms with Crippen LogP contribution in [0.2, 0.25) is 0 Å². The maximum absolute atomic E-state index is 15.4. The third-order valence-corrected chi connectivity index (χ3v) is 13.2. The molecule has 6 aliphatic carbocycles. The minimum absolute atomic E-state index is 0.0181. The van der Waals surface area contributed by atoms with Crippen molar-refractivity contribution in [3.63, 3.8) is 0 Å². The lowest BCUT2D eigenvalue weighted by Gasteiger charge is -2.59. The summed E-state index contributed by atoms with van der Waals surface area (Å²) >= 11 is 0. The summed E-state index contributed by atoms with van der Waals surface area (Å²) < 4.78 is 0. The van der Waals surface area contributed by atoms with E-state index < -0.39 is 91.8 Å². The van der Waals surface area contributed by atoms with Crippen LogP contribution >= 0.6 is 0 Å². The molecule has 0 saturated heterocycles. The third kappa shape index (κ3) is 4.19. The maximum atomic E-state index is 15.4. The summed E-state index contributed by atoms with van der Waals surface area (Å²) in [6.45, 7) is 18.3. The van der Waals surface area contributed by atoms with Crippen molar-refractivity contribution in [2.75, 3.05) is 0 Å². The molecule has 8 heteroatoms. The Morgan fingerprint density at radius 3 is 1.12 bits per heavy atom. The highest BCUT2D eigenvalue weighted by Crippen LogP contribution is 2.66. The highest BCUT2D eigenvalue weighted by atomic mass is 16.3. The van der Waals surface area contributed by atoms with Crippen LogP contribution in [0.4, 0.5) is 0 Å². The van der Waals surface area contributed by atoms with Gasteiger partial charge in [0.1, 0.15) is 23.1 Å². The standard InChI is InChI=1S/C40H50O8/c1-17(2)19-27(41)23-21(31(45)35-37(5,6)13-11-15-39(35,9)25(23)33(47)29(19)43)22-24-26(34(48)30(44)20(18(3)4)28(24)42)40(10)16-12-14-38(7,8)36(40)32(22)46/h17-18,21-22,35-36,41-42H,11-16H2,1-10H3/t21-,22+,35-,36-,39+,40+/m0/s1. The minimum Gasteiger partial charge on any atom is -0.507 e. The van der Waals surface area contributed by atoms with E-state index in [-0.39, 0.29) is 45.0 Å². The van der Waals surface area contributed by atoms with Crippen molar-refractivity contribution in [1.82, 2.24) is 0 Å². The first kappa shape index (κ1) is 34.4. The molecule has 258 valence electrons. The topological polar surface area (TPSA) is 143 Å². The van der Waals surface area contributed by atoms with E-state index in [4.69, 9.17) is 0 Å². The number of rotatable bonds is 3. The number of aliphatic hydroxyl groups excluding tert-OH is 2. The lowest BCUT2D eigenvalue weighted by molar-refractivity contribution is -0.152. The average molecular weight is 659 g/mol. The molecule has 0 spiro atoms. The number of hydrogen-bond donors (Lipinski definition) is 2. The molecule has 2 N–H and O–H groups in total. The smallest absolute Gasteiger partial charge is 0.233 e. The van der Waals surface area contributed by atoms with E-state index in [1.165, 1.54) is 0 Å². The zero-order valence-corrected chi connectivity index (χ0v) is 30.1. The zero-order valence-electron chi connectivity index (χ0n) is 30.1. The van der Waals surface area contributed by atoms with Gasteiger partial charge in [0, 0.05) is 56.1 Å². The summed E-state index contributed by atoms with van der Waals surface area (Å²) in [5, 5.41) is 24.2. The van der Waals surface area contributed by atoms with Crippen LogP contribution in [0.25, 0.3) is 0 Å². The Hall–Kier alpha value is -3.42. The minimum atomic E-state index is -1.45. The van der Waals surface area contributed by atoms with Gasteiger partial charge in [-0.3, -0.25) is 28.8 Å². The first-order chi connectivity index (χ1) is 22.1. The van der Waals surface area contributed by atoms with E-state index in [1.807, 2.05) is 41.5 Å². The molecule has 0 radical (unpaired) electrons. The molecule has 2 fully saturated rings. The van der Waals surface area contributed by atoms with Crippen LogP contribution in [0.1, 0.15) is 108 Å². The van der Waals surface area contributed by atoms with Crippen LogP contribution in [-0.2, 0) is 28.8 Å². The van der Waals surface area contributed by atoms with Gasteiger partial charge in [0.2, 0.25) is 23.1 Å². The van der Waals surface area contributed by atoms with Crippen molar-refractivity contribution in [2.45, 2.75) is 108 Å². The van der Waals surface area contributed by atoms with Crippen molar-refractivity contribution in [2.24, 2.45) is 57.2 Å². The largest absolute Gasteiger partial charge is 0.507 e. The summed E-state index contributed by atoms with van der Waals surface area (Å²) in [5.74, 6) is -10.3. The van der Waals surface area contributed by atoms with Crippen molar-refractivity contribution in [3.8, 4) is 0 Å². The Morgan fingerprint density at radius 1 is 0.521 bits per heavy atom. The Kier molecular flexibility index (Phi) is 7.56. The fraction of sp³-hybridized carbons (Fsp3) is 0.650. The van der Waals surface area contributed by atoms with Gasteiger partial charge >= 0.3 is 0 Å². The average Bonchev–Trinajstić information content (AvgIpc) is 2.93. The van der Waals surface area contributed by atoms with Gasteiger partial charge in [-0.25, -0.2) is 0 Å². The summed E-state index contributed by atoms with van der Waals surface area (Å²) in [4.78, 5) is 87.1. The van der Waals surface area contributed by atoms with Crippen LogP contribution in [0.5, 0.6) is 0 Å². The summed E-state index contributed by atoms with van der Waals surface area (Å²) in [5.41, 5.74) is -3.52. The first-order valence-corrected chi connectivity index (χ1v) is 17.7. The fourth-order valence-electron chi connectivity index (χ4n) is 11.6. The molecular formula is C40H50O8. The number of Topliss-reactive ketones (excluding diaryl/α,β-unsaturated/α-hetero) is 6. The van der Waals surface area contributed by atoms with Crippen LogP contribution < -0.4 is 0 Å². The van der Waals surface area contributed by atoms with Gasteiger partial charge < -0.3 is 10.2 Å². The zero-order chi connectivity index (χ0) is 35.8. The van der Waals surface area contributed by atoms with Crippen molar-refractivity contribution in [1.29, 1.82) is 0 Å². The summed E-state index contributed by atoms with van der Waals surface area (Å²) in [6.07, 6.45) is 3.62. The van der Waals surface area contributed by atoms with Gasteiger partial charge in [0.15, 0.2) is 0 Å². The van der Waals surface area contributed by atoms with Gasteiger partial charge in [-0.05, 0) is 48.3 Å². The number of carbonyl (C=O) groups is 6. The summed E-state index contributed by atoms with van der Waals surface area (Å²) in [7, 11) is 0. The molecule has 2 saturated carbocycles. The predicted octanol–water partition coefficient (Wildman–Crippen LogP) is 6.88. The molecule has 0 aromatic heterocycles. The molecule has 6 aliphatic rings. The quantitative estimate of drug-likeness (QED) is 0.247. The number of fused-ring (bicyclic) bond motifs is 4. The van der Waals surface area contributed by atoms with E-state index >= 15 is 9.59 Å². The first-order valence-electron chi connectivity index (χ1n) is 17.7. The third-order valence-electron chi connectivity index (χ3n) is 13.2. The van der Waals surface area contributed by atoms with E-state index in [9.17, 15) is 29.4 Å². The van der Waals surface area contributed by atoms with Crippen LogP contribution in [0, 0.1) is 57.2 Å². The second-order valence-corrected chi connectivity index (χ2v) is 17.9. The molecule has 8 nitrogen and oxygen atoms in total. The summed E-state index contributed by atoms with van der Waals surface area (Å²) in [6, 6.07) is 0. The highest BCUT2D eigenvalue weighted by Gasteiger charge is 2.68. The predicted molar refractivity (Wildman–Crippen MR) is 179 cm³/mol. The van der Waals surface area contributed by atoms with Gasteiger partial charge in [-0.2, -0.15) is 0 Å². The molecule has 0 amide bonds. The Labute approximate surface area is 283 Å². The Bertz CT molecular complexity index is 1630. The van der Waals surface area contributed by atoms with Crippen LogP contribution in [-0.4, -0.2) is 44.9 Å². The molecule has 48 heavy (non-hydrogen) atoms. The van der Waals surface area contributed by atoms with E-state index in [1.54, 1.807) is 27.7 Å². The molecule has 0 aromatic rings. The molecule has 0 aliphatic heterocycles. The maximum Gasteiger partial charge on any atom is 0.233 e. The number of ketones is 6. The van der Waals surface area contributed by atoms with E-state index in [0.29, 0.717) is 38.5 Å². The molecule has 0 unspecified atom stereocenters. The van der Waals surface area contributed by atoms with E-state index in [2.05, 4.69) is 0 Å². The molecule has 6 atom stereocenters. The lowest BCUT2D eigenvalue weighted by atomic mass is 9.42. The Balaban J connectivity index is 1.79. The van der Waals surface area contributed by atoms with Crippen molar-refractivity contribution in [3.05, 3.63) is 45.0 Å². The Morgan fingerprint density at radius 2 is 0.833 bits per heavy atom. The second kappa shape index (κ2) is 10.5. The van der Waals surface area contributed by atoms with Crippen LogP contribution in [0.3, 0.4) is 0 Å². The molecule has 0 heterocycles. The monoisotopic (exact) mass is 658 g/mol. The normalized spacial score (nSPS) is 36.6. The number of aliphatic hydroxyl groups is 2. The molecular weight excluding hydrogens is 608 g/mol. The van der Waals surface area contributed by atoms with Crippen molar-refractivity contribution >= 4 is 34.7 Å². The lowest BCUT2D eigenvalue weighted by Crippen LogP contribution is -2.61.